The molecule has 0 fully saturated rings. The van der Waals surface area contributed by atoms with Gasteiger partial charge in [0.1, 0.15) is 6.07 Å². The van der Waals surface area contributed by atoms with E-state index >= 15 is 0 Å². The predicted octanol–water partition coefficient (Wildman–Crippen LogP) is 3.04. The molecule has 2 rings (SSSR count). The van der Waals surface area contributed by atoms with E-state index in [1.165, 1.54) is 24.5 Å². The Balaban J connectivity index is 2.23. The van der Waals surface area contributed by atoms with Crippen LogP contribution in [0.3, 0.4) is 0 Å². The Labute approximate surface area is 105 Å². The van der Waals surface area contributed by atoms with Gasteiger partial charge >= 0.3 is 0 Å². The van der Waals surface area contributed by atoms with Crippen molar-refractivity contribution in [3.8, 4) is 17.7 Å². The molecule has 0 unspecified atom stereocenters. The minimum atomic E-state index is -0.509. The Morgan fingerprint density at radius 1 is 1.29 bits per heavy atom. The molecule has 2 aromatic rings. The zero-order chi connectivity index (χ0) is 12.3. The minimum absolute atomic E-state index is 0.0483. The summed E-state index contributed by atoms with van der Waals surface area (Å²) in [5, 5.41) is 8.53. The van der Waals surface area contributed by atoms with Gasteiger partial charge in [0.2, 0.25) is 5.88 Å². The number of rotatable bonds is 2. The highest BCUT2D eigenvalue weighted by molar-refractivity contribution is 9.10. The summed E-state index contributed by atoms with van der Waals surface area (Å²) in [7, 11) is 0. The number of aromatic nitrogens is 2. The maximum atomic E-state index is 13.4. The first-order valence-corrected chi connectivity index (χ1v) is 5.33. The highest BCUT2D eigenvalue weighted by atomic mass is 79.9. The lowest BCUT2D eigenvalue weighted by molar-refractivity contribution is 0.425. The first-order chi connectivity index (χ1) is 8.19. The molecular weight excluding hydrogens is 289 g/mol. The summed E-state index contributed by atoms with van der Waals surface area (Å²) in [5.74, 6) is -0.331. The Morgan fingerprint density at radius 2 is 2.12 bits per heavy atom. The topological polar surface area (TPSA) is 58.8 Å². The second-order valence-electron chi connectivity index (χ2n) is 3.03. The van der Waals surface area contributed by atoms with Crippen molar-refractivity contribution in [2.45, 2.75) is 0 Å². The van der Waals surface area contributed by atoms with Crippen LogP contribution < -0.4 is 4.74 Å². The van der Waals surface area contributed by atoms with Gasteiger partial charge < -0.3 is 4.74 Å². The Hall–Kier alpha value is -2.00. The molecule has 1 heterocycles. The molecule has 0 N–H and O–H groups in total. The Kier molecular flexibility index (Phi) is 3.30. The van der Waals surface area contributed by atoms with E-state index in [-0.39, 0.29) is 17.3 Å². The highest BCUT2D eigenvalue weighted by Crippen LogP contribution is 2.25. The number of nitrogens with zero attached hydrogens (tertiary/aromatic N) is 3. The second-order valence-corrected chi connectivity index (χ2v) is 3.94. The van der Waals surface area contributed by atoms with Gasteiger partial charge in [-0.25, -0.2) is 14.4 Å². The molecule has 0 aliphatic rings. The maximum absolute atomic E-state index is 13.4. The third kappa shape index (κ3) is 2.77. The van der Waals surface area contributed by atoms with Crippen LogP contribution in [0.25, 0.3) is 0 Å². The van der Waals surface area contributed by atoms with E-state index in [1.54, 1.807) is 6.07 Å². The molecule has 1 aromatic heterocycles. The number of hydrogen-bond donors (Lipinski definition) is 0. The molecule has 0 radical (unpaired) electrons. The van der Waals surface area contributed by atoms with Crippen molar-refractivity contribution in [2.75, 3.05) is 0 Å². The van der Waals surface area contributed by atoms with Crippen molar-refractivity contribution in [3.05, 3.63) is 46.6 Å². The van der Waals surface area contributed by atoms with Crippen molar-refractivity contribution in [3.63, 3.8) is 0 Å². The summed E-state index contributed by atoms with van der Waals surface area (Å²) in [4.78, 5) is 7.58. The minimum Gasteiger partial charge on any atom is -0.434 e. The van der Waals surface area contributed by atoms with Crippen molar-refractivity contribution >= 4 is 15.9 Å². The molecule has 0 spiro atoms. The van der Waals surface area contributed by atoms with Gasteiger partial charge in [0.05, 0.1) is 12.4 Å². The average Bonchev–Trinajstić information content (AvgIpc) is 2.34. The molecule has 0 atom stereocenters. The van der Waals surface area contributed by atoms with Crippen molar-refractivity contribution in [2.24, 2.45) is 0 Å². The van der Waals surface area contributed by atoms with E-state index in [0.717, 1.165) is 0 Å². The second kappa shape index (κ2) is 4.89. The van der Waals surface area contributed by atoms with Crippen molar-refractivity contribution in [1.82, 2.24) is 9.97 Å². The lowest BCUT2D eigenvalue weighted by atomic mass is 10.3. The van der Waals surface area contributed by atoms with E-state index in [4.69, 9.17) is 10.00 Å². The van der Waals surface area contributed by atoms with E-state index in [0.29, 0.717) is 4.47 Å². The van der Waals surface area contributed by atoms with Gasteiger partial charge in [-0.2, -0.15) is 5.26 Å². The maximum Gasteiger partial charge on any atom is 0.238 e. The van der Waals surface area contributed by atoms with Gasteiger partial charge in [-0.1, -0.05) is 15.9 Å². The molecule has 17 heavy (non-hydrogen) atoms. The fourth-order valence-electron chi connectivity index (χ4n) is 1.10. The van der Waals surface area contributed by atoms with Gasteiger partial charge in [-0.05, 0) is 18.2 Å². The molecule has 0 aliphatic carbocycles. The van der Waals surface area contributed by atoms with Crippen LogP contribution in [0.1, 0.15) is 5.69 Å². The number of benzene rings is 1. The molecule has 0 aliphatic heterocycles. The first-order valence-electron chi connectivity index (χ1n) is 4.54. The largest absolute Gasteiger partial charge is 0.434 e. The molecule has 0 saturated carbocycles. The molecule has 0 amide bonds. The SMILES string of the molecule is N#Cc1cnc(Oc2ccc(Br)cc2F)cn1. The summed E-state index contributed by atoms with van der Waals surface area (Å²) >= 11 is 3.14. The van der Waals surface area contributed by atoms with Gasteiger partial charge in [0.25, 0.3) is 0 Å². The van der Waals surface area contributed by atoms with Crippen LogP contribution in [0.4, 0.5) is 4.39 Å². The van der Waals surface area contributed by atoms with Crippen LogP contribution in [0.2, 0.25) is 0 Å². The normalized spacial score (nSPS) is 9.71. The van der Waals surface area contributed by atoms with Gasteiger partial charge in [-0.15, -0.1) is 0 Å². The Morgan fingerprint density at radius 3 is 2.71 bits per heavy atom. The molecule has 6 heteroatoms. The fraction of sp³-hybridized carbons (Fsp3) is 0. The van der Waals surface area contributed by atoms with Gasteiger partial charge in [0, 0.05) is 4.47 Å². The Bertz CT molecular complexity index is 580. The standard InChI is InChI=1S/C11H5BrFN3O/c12-7-1-2-10(9(13)3-7)17-11-6-15-8(4-14)5-16-11/h1-3,5-6H. The molecule has 84 valence electrons. The highest BCUT2D eigenvalue weighted by Gasteiger charge is 2.06. The lowest BCUT2D eigenvalue weighted by Crippen LogP contribution is -1.93. The molecule has 1 aromatic carbocycles. The van der Waals surface area contributed by atoms with Crippen molar-refractivity contribution < 1.29 is 9.13 Å². The zero-order valence-electron chi connectivity index (χ0n) is 8.39. The third-order valence-electron chi connectivity index (χ3n) is 1.85. The number of halogens is 2. The van der Waals surface area contributed by atoms with Crippen LogP contribution in [0, 0.1) is 17.1 Å². The fourth-order valence-corrected chi connectivity index (χ4v) is 1.43. The lowest BCUT2D eigenvalue weighted by Gasteiger charge is -2.05. The summed E-state index contributed by atoms with van der Waals surface area (Å²) in [6, 6.07) is 6.23. The zero-order valence-corrected chi connectivity index (χ0v) is 9.98. The van der Waals surface area contributed by atoms with E-state index in [1.807, 2.05) is 6.07 Å². The van der Waals surface area contributed by atoms with Crippen LogP contribution >= 0.6 is 15.9 Å². The van der Waals surface area contributed by atoms with Crippen LogP contribution in [-0.4, -0.2) is 9.97 Å². The van der Waals surface area contributed by atoms with Crippen LogP contribution in [0.15, 0.2) is 35.1 Å². The van der Waals surface area contributed by atoms with Crippen molar-refractivity contribution in [1.29, 1.82) is 5.26 Å². The van der Waals surface area contributed by atoms with Gasteiger partial charge in [0.15, 0.2) is 17.3 Å². The average molecular weight is 294 g/mol. The van der Waals surface area contributed by atoms with E-state index in [9.17, 15) is 4.39 Å². The number of ether oxygens (including phenoxy) is 1. The van der Waals surface area contributed by atoms with E-state index < -0.39 is 5.82 Å². The molecular formula is C11H5BrFN3O. The predicted molar refractivity (Wildman–Crippen MR) is 60.9 cm³/mol. The number of hydrogen-bond acceptors (Lipinski definition) is 4. The summed E-state index contributed by atoms with van der Waals surface area (Å²) in [6.45, 7) is 0. The molecule has 4 nitrogen and oxygen atoms in total. The van der Waals surface area contributed by atoms with Crippen LogP contribution in [0.5, 0.6) is 11.6 Å². The van der Waals surface area contributed by atoms with Crippen LogP contribution in [-0.2, 0) is 0 Å². The monoisotopic (exact) mass is 293 g/mol. The molecule has 0 saturated heterocycles. The third-order valence-corrected chi connectivity index (χ3v) is 2.34. The van der Waals surface area contributed by atoms with E-state index in [2.05, 4.69) is 25.9 Å². The van der Waals surface area contributed by atoms with Gasteiger partial charge in [-0.3, -0.25) is 0 Å². The summed E-state index contributed by atoms with van der Waals surface area (Å²) in [6.07, 6.45) is 2.52. The summed E-state index contributed by atoms with van der Waals surface area (Å²) in [5.41, 5.74) is 0.175. The first kappa shape index (κ1) is 11.5. The summed E-state index contributed by atoms with van der Waals surface area (Å²) < 4.78 is 19.2. The number of nitriles is 1. The quantitative estimate of drug-likeness (QED) is 0.854. The molecule has 0 bridgehead atoms. The smallest absolute Gasteiger partial charge is 0.238 e.